The van der Waals surface area contributed by atoms with Crippen LogP contribution in [0.1, 0.15) is 30.6 Å². The molecule has 6 nitrogen and oxygen atoms in total. The summed E-state index contributed by atoms with van der Waals surface area (Å²) in [7, 11) is 3.09. The predicted molar refractivity (Wildman–Crippen MR) is 95.1 cm³/mol. The monoisotopic (exact) mass is 329 g/mol. The number of nitrogens with one attached hydrogen (secondary N) is 2. The second-order valence-electron chi connectivity index (χ2n) is 5.44. The van der Waals surface area contributed by atoms with Crippen LogP contribution in [-0.2, 0) is 0 Å². The molecule has 2 N–H and O–H groups in total. The molecule has 0 saturated carbocycles. The number of methoxy groups -OCH3 is 2. The third kappa shape index (κ3) is 4.62. The maximum atomic E-state index is 12.4. The van der Waals surface area contributed by atoms with Crippen LogP contribution in [-0.4, -0.2) is 31.2 Å². The number of hydrogen-bond acceptors (Lipinski definition) is 5. The molecule has 0 bridgehead atoms. The predicted octanol–water partition coefficient (Wildman–Crippen LogP) is 3.56. The molecule has 2 rings (SSSR count). The Labute approximate surface area is 142 Å². The van der Waals surface area contributed by atoms with E-state index in [1.165, 1.54) is 0 Å². The van der Waals surface area contributed by atoms with Gasteiger partial charge in [-0.1, -0.05) is 6.92 Å². The highest BCUT2D eigenvalue weighted by Gasteiger charge is 2.10. The first-order chi connectivity index (χ1) is 11.5. The van der Waals surface area contributed by atoms with Gasteiger partial charge in [-0.05, 0) is 37.6 Å². The normalized spacial score (nSPS) is 11.5. The second kappa shape index (κ2) is 8.19. The summed E-state index contributed by atoms with van der Waals surface area (Å²) in [6.07, 6.45) is 2.64. The Morgan fingerprint density at radius 3 is 2.33 bits per heavy atom. The summed E-state index contributed by atoms with van der Waals surface area (Å²) in [5.41, 5.74) is 1.07. The van der Waals surface area contributed by atoms with Crippen LogP contribution in [0.25, 0.3) is 0 Å². The third-order valence-electron chi connectivity index (χ3n) is 3.64. The summed E-state index contributed by atoms with van der Waals surface area (Å²) >= 11 is 0. The molecule has 24 heavy (non-hydrogen) atoms. The van der Waals surface area contributed by atoms with Crippen LogP contribution in [0.3, 0.4) is 0 Å². The van der Waals surface area contributed by atoms with Crippen molar-refractivity contribution < 1.29 is 14.3 Å². The van der Waals surface area contributed by atoms with E-state index in [0.717, 1.165) is 12.2 Å². The first kappa shape index (κ1) is 17.6. The van der Waals surface area contributed by atoms with Gasteiger partial charge in [0.05, 0.1) is 26.1 Å². The summed E-state index contributed by atoms with van der Waals surface area (Å²) in [5.74, 6) is 1.65. The lowest BCUT2D eigenvalue weighted by Gasteiger charge is -2.12. The standard InChI is InChI=1S/C18H23N3O3/c1-5-12(2)20-17-7-6-14(11-19-17)21-18(22)13-8-15(23-3)10-16(9-13)24-4/h6-12H,5H2,1-4H3,(H,19,20)(H,21,22). The number of carbonyl (C=O) groups is 1. The molecule has 0 aliphatic heterocycles. The fourth-order valence-electron chi connectivity index (χ4n) is 2.05. The van der Waals surface area contributed by atoms with E-state index in [9.17, 15) is 4.79 Å². The molecule has 1 amide bonds. The largest absolute Gasteiger partial charge is 0.497 e. The average molecular weight is 329 g/mol. The highest BCUT2D eigenvalue weighted by molar-refractivity contribution is 6.04. The van der Waals surface area contributed by atoms with E-state index in [0.29, 0.717) is 28.8 Å². The maximum Gasteiger partial charge on any atom is 0.255 e. The van der Waals surface area contributed by atoms with E-state index >= 15 is 0 Å². The van der Waals surface area contributed by atoms with Crippen LogP contribution in [0.2, 0.25) is 0 Å². The zero-order valence-corrected chi connectivity index (χ0v) is 14.4. The summed E-state index contributed by atoms with van der Waals surface area (Å²) in [6.45, 7) is 4.20. The van der Waals surface area contributed by atoms with Gasteiger partial charge in [0.25, 0.3) is 5.91 Å². The smallest absolute Gasteiger partial charge is 0.255 e. The van der Waals surface area contributed by atoms with Gasteiger partial charge in [0, 0.05) is 17.7 Å². The van der Waals surface area contributed by atoms with E-state index in [1.54, 1.807) is 38.6 Å². The van der Waals surface area contributed by atoms with Crippen molar-refractivity contribution in [2.45, 2.75) is 26.3 Å². The Balaban J connectivity index is 2.09. The average Bonchev–Trinajstić information content (AvgIpc) is 2.62. The molecule has 0 aliphatic rings. The fraction of sp³-hybridized carbons (Fsp3) is 0.333. The Morgan fingerprint density at radius 1 is 1.17 bits per heavy atom. The highest BCUT2D eigenvalue weighted by atomic mass is 16.5. The number of rotatable bonds is 7. The van der Waals surface area contributed by atoms with Crippen molar-refractivity contribution in [1.29, 1.82) is 0 Å². The third-order valence-corrected chi connectivity index (χ3v) is 3.64. The van der Waals surface area contributed by atoms with Crippen molar-refractivity contribution in [2.24, 2.45) is 0 Å². The number of pyridine rings is 1. The van der Waals surface area contributed by atoms with Gasteiger partial charge >= 0.3 is 0 Å². The molecule has 1 heterocycles. The molecule has 128 valence electrons. The van der Waals surface area contributed by atoms with Gasteiger partial charge in [0.2, 0.25) is 0 Å². The Hall–Kier alpha value is -2.76. The number of anilines is 2. The minimum absolute atomic E-state index is 0.253. The zero-order valence-electron chi connectivity index (χ0n) is 14.4. The van der Waals surface area contributed by atoms with Crippen molar-refractivity contribution in [2.75, 3.05) is 24.9 Å². The molecular weight excluding hydrogens is 306 g/mol. The molecule has 0 fully saturated rings. The van der Waals surface area contributed by atoms with Crippen LogP contribution in [0.15, 0.2) is 36.5 Å². The van der Waals surface area contributed by atoms with E-state index in [2.05, 4.69) is 29.5 Å². The first-order valence-corrected chi connectivity index (χ1v) is 7.82. The van der Waals surface area contributed by atoms with Gasteiger partial charge in [-0.3, -0.25) is 4.79 Å². The quantitative estimate of drug-likeness (QED) is 0.812. The highest BCUT2D eigenvalue weighted by Crippen LogP contribution is 2.23. The number of hydrogen-bond donors (Lipinski definition) is 2. The molecule has 6 heteroatoms. The number of aromatic nitrogens is 1. The lowest BCUT2D eigenvalue weighted by molar-refractivity contribution is 0.102. The van der Waals surface area contributed by atoms with E-state index in [-0.39, 0.29) is 5.91 Å². The maximum absolute atomic E-state index is 12.4. The number of carbonyl (C=O) groups excluding carboxylic acids is 1. The summed E-state index contributed by atoms with van der Waals surface area (Å²) in [5, 5.41) is 6.09. The van der Waals surface area contributed by atoms with Crippen molar-refractivity contribution in [3.63, 3.8) is 0 Å². The van der Waals surface area contributed by atoms with Crippen molar-refractivity contribution >= 4 is 17.4 Å². The van der Waals surface area contributed by atoms with Crippen LogP contribution in [0, 0.1) is 0 Å². The second-order valence-corrected chi connectivity index (χ2v) is 5.44. The van der Waals surface area contributed by atoms with Crippen molar-refractivity contribution in [3.8, 4) is 11.5 Å². The first-order valence-electron chi connectivity index (χ1n) is 7.82. The number of amides is 1. The fourth-order valence-corrected chi connectivity index (χ4v) is 2.05. The van der Waals surface area contributed by atoms with Gasteiger partial charge in [-0.15, -0.1) is 0 Å². The van der Waals surface area contributed by atoms with Gasteiger partial charge < -0.3 is 20.1 Å². The van der Waals surface area contributed by atoms with Gasteiger partial charge in [-0.2, -0.15) is 0 Å². The Bertz CT molecular complexity index is 664. The molecule has 1 atom stereocenters. The molecule has 0 radical (unpaired) electrons. The van der Waals surface area contributed by atoms with Crippen molar-refractivity contribution in [3.05, 3.63) is 42.1 Å². The zero-order chi connectivity index (χ0) is 17.5. The molecular formula is C18H23N3O3. The minimum Gasteiger partial charge on any atom is -0.497 e. The van der Waals surface area contributed by atoms with E-state index < -0.39 is 0 Å². The van der Waals surface area contributed by atoms with Gasteiger partial charge in [-0.25, -0.2) is 4.98 Å². The van der Waals surface area contributed by atoms with Crippen LogP contribution in [0.5, 0.6) is 11.5 Å². The molecule has 0 saturated heterocycles. The lowest BCUT2D eigenvalue weighted by Crippen LogP contribution is -2.15. The minimum atomic E-state index is -0.253. The summed E-state index contributed by atoms with van der Waals surface area (Å²) in [6, 6.07) is 9.03. The summed E-state index contributed by atoms with van der Waals surface area (Å²) in [4.78, 5) is 16.7. The van der Waals surface area contributed by atoms with Crippen LogP contribution >= 0.6 is 0 Å². The molecule has 1 unspecified atom stereocenters. The molecule has 1 aromatic heterocycles. The summed E-state index contributed by atoms with van der Waals surface area (Å²) < 4.78 is 10.4. The Morgan fingerprint density at radius 2 is 1.83 bits per heavy atom. The van der Waals surface area contributed by atoms with Gasteiger partial charge in [0.1, 0.15) is 17.3 Å². The van der Waals surface area contributed by atoms with Gasteiger partial charge in [0.15, 0.2) is 0 Å². The van der Waals surface area contributed by atoms with Crippen LogP contribution in [0.4, 0.5) is 11.5 Å². The van der Waals surface area contributed by atoms with E-state index in [4.69, 9.17) is 9.47 Å². The molecule has 2 aromatic rings. The van der Waals surface area contributed by atoms with Crippen LogP contribution < -0.4 is 20.1 Å². The molecule has 1 aromatic carbocycles. The SMILES string of the molecule is CCC(C)Nc1ccc(NC(=O)c2cc(OC)cc(OC)c2)cn1. The number of ether oxygens (including phenoxy) is 2. The number of nitrogens with zero attached hydrogens (tertiary/aromatic N) is 1. The topological polar surface area (TPSA) is 72.5 Å². The van der Waals surface area contributed by atoms with E-state index in [1.807, 2.05) is 12.1 Å². The molecule has 0 aliphatic carbocycles. The van der Waals surface area contributed by atoms with Crippen molar-refractivity contribution in [1.82, 2.24) is 4.98 Å². The molecule has 0 spiro atoms. The number of benzene rings is 1. The Kier molecular flexibility index (Phi) is 6.01. The lowest BCUT2D eigenvalue weighted by atomic mass is 10.2.